The predicted molar refractivity (Wildman–Crippen MR) is 222 cm³/mol. The fourth-order valence-corrected chi connectivity index (χ4v) is 8.39. The topological polar surface area (TPSA) is 296 Å². The van der Waals surface area contributed by atoms with Gasteiger partial charge >= 0.3 is 5.97 Å². The molecule has 0 spiro atoms. The molecule has 1 aliphatic carbocycles. The van der Waals surface area contributed by atoms with Crippen molar-refractivity contribution >= 4 is 29.4 Å². The normalized spacial score (nSPS) is 28.3. The van der Waals surface area contributed by atoms with Crippen molar-refractivity contribution in [2.75, 3.05) is 18.6 Å². The quantitative estimate of drug-likeness (QED) is 0.0946. The van der Waals surface area contributed by atoms with Gasteiger partial charge in [0, 0.05) is 56.4 Å². The minimum absolute atomic E-state index is 0.0182. The number of hydrogen-bond acceptors (Lipinski definition) is 15. The van der Waals surface area contributed by atoms with Gasteiger partial charge in [0.25, 0.3) is 5.79 Å². The van der Waals surface area contributed by atoms with Crippen molar-refractivity contribution in [2.45, 2.75) is 133 Å². The van der Waals surface area contributed by atoms with E-state index in [-0.39, 0.29) is 49.6 Å². The third-order valence-electron chi connectivity index (χ3n) is 12.3. The molecule has 0 radical (unpaired) electrons. The number of carbonyl (C=O) groups is 4. The predicted octanol–water partition coefficient (Wildman–Crippen LogP) is -0.309. The standard InChI is InChI=1S/C43H58N6O14/c1-21(2)22(3)44-32(53)14-15-33(54)48-18-24-10-6-7-11-26(24)36-34(27-12-8-9-13-28(27)48)46-47-49(36)19-30(52)38(56)41-35(45-23(4)50)29(51)17-43(63-41,42(59)60)62-20-25-16-31(61-5)39(57)40(58)37(25)55/h6-13,21-22,25,29-31,35,37-41,51-52,55-58H,14-20H2,1-5H3,(H,44,53)(H,45,50)(H,59,60). The van der Waals surface area contributed by atoms with Crippen LogP contribution >= 0.6 is 0 Å². The van der Waals surface area contributed by atoms with Crippen molar-refractivity contribution < 1.29 is 69.1 Å². The number of carboxylic acids is 1. The van der Waals surface area contributed by atoms with Crippen LogP contribution in [0, 0.1) is 11.8 Å². The van der Waals surface area contributed by atoms with Crippen molar-refractivity contribution in [1.29, 1.82) is 0 Å². The number of aliphatic carboxylic acids is 1. The first-order valence-corrected chi connectivity index (χ1v) is 21.0. The maximum atomic E-state index is 13.9. The molecule has 2 aliphatic heterocycles. The van der Waals surface area contributed by atoms with Gasteiger partial charge in [-0.1, -0.05) is 61.5 Å². The molecule has 12 unspecified atom stereocenters. The Kier molecular flexibility index (Phi) is 15.0. The minimum Gasteiger partial charge on any atom is -0.477 e. The molecule has 1 aromatic heterocycles. The first-order valence-electron chi connectivity index (χ1n) is 21.0. The molecule has 20 nitrogen and oxygen atoms in total. The van der Waals surface area contributed by atoms with Crippen molar-refractivity contribution in [3.63, 3.8) is 0 Å². The lowest BCUT2D eigenvalue weighted by Crippen LogP contribution is -2.68. The molecule has 1 saturated heterocycles. The van der Waals surface area contributed by atoms with Crippen LogP contribution < -0.4 is 15.5 Å². The van der Waals surface area contributed by atoms with Gasteiger partial charge in [0.2, 0.25) is 17.7 Å². The number of ether oxygens (including phenoxy) is 3. The minimum atomic E-state index is -2.69. The lowest BCUT2D eigenvalue weighted by Gasteiger charge is -2.47. The number of aliphatic hydroxyl groups is 6. The van der Waals surface area contributed by atoms with Crippen LogP contribution in [0.1, 0.15) is 58.9 Å². The molecule has 20 heteroatoms. The van der Waals surface area contributed by atoms with Crippen LogP contribution in [0.25, 0.3) is 22.5 Å². The summed E-state index contributed by atoms with van der Waals surface area (Å²) in [5.74, 6) is -6.37. The number of nitrogens with zero attached hydrogens (tertiary/aromatic N) is 4. The van der Waals surface area contributed by atoms with Gasteiger partial charge in [0.15, 0.2) is 0 Å². The number of amides is 3. The average Bonchev–Trinajstić information content (AvgIpc) is 3.65. The molecule has 6 rings (SSSR count). The second kappa shape index (κ2) is 19.9. The molecule has 0 bridgehead atoms. The van der Waals surface area contributed by atoms with Gasteiger partial charge < -0.3 is 65.5 Å². The molecular formula is C43H58N6O14. The van der Waals surface area contributed by atoms with Crippen LogP contribution in [0.3, 0.4) is 0 Å². The Morgan fingerprint density at radius 2 is 1.63 bits per heavy atom. The van der Waals surface area contributed by atoms with E-state index in [9.17, 15) is 54.9 Å². The van der Waals surface area contributed by atoms with E-state index in [1.807, 2.05) is 26.8 Å². The third-order valence-corrected chi connectivity index (χ3v) is 12.3. The Hall–Kier alpha value is -4.90. The number of carboxylic acid groups (broad SMARTS) is 1. The average molecular weight is 883 g/mol. The number of nitrogens with one attached hydrogen (secondary N) is 2. The molecule has 3 aliphatic rings. The summed E-state index contributed by atoms with van der Waals surface area (Å²) >= 11 is 0. The fraction of sp³-hybridized carbons (Fsp3) is 0.581. The van der Waals surface area contributed by atoms with E-state index in [4.69, 9.17) is 14.2 Å². The summed E-state index contributed by atoms with van der Waals surface area (Å²) in [6, 6.07) is 12.7. The van der Waals surface area contributed by atoms with E-state index >= 15 is 0 Å². The number of para-hydroxylation sites is 1. The highest BCUT2D eigenvalue weighted by Gasteiger charge is 2.56. The van der Waals surface area contributed by atoms with Crippen molar-refractivity contribution in [1.82, 2.24) is 25.6 Å². The van der Waals surface area contributed by atoms with Gasteiger partial charge in [-0.05, 0) is 30.9 Å². The van der Waals surface area contributed by atoms with Crippen molar-refractivity contribution in [3.8, 4) is 22.5 Å². The Morgan fingerprint density at radius 3 is 2.30 bits per heavy atom. The van der Waals surface area contributed by atoms with Gasteiger partial charge in [0.05, 0.1) is 55.4 Å². The number of carbonyl (C=O) groups excluding carboxylic acids is 3. The lowest BCUT2D eigenvalue weighted by atomic mass is 9.81. The van der Waals surface area contributed by atoms with Crippen molar-refractivity contribution in [2.24, 2.45) is 11.8 Å². The molecule has 12 atom stereocenters. The Bertz CT molecular complexity index is 2120. The number of methoxy groups -OCH3 is 1. The van der Waals surface area contributed by atoms with Gasteiger partial charge in [0.1, 0.15) is 36.2 Å². The second-order valence-electron chi connectivity index (χ2n) is 17.0. The molecule has 1 saturated carbocycles. The van der Waals surface area contributed by atoms with E-state index in [0.29, 0.717) is 33.8 Å². The van der Waals surface area contributed by atoms with Gasteiger partial charge in [-0.3, -0.25) is 14.4 Å². The molecule has 3 heterocycles. The lowest BCUT2D eigenvalue weighted by molar-refractivity contribution is -0.317. The maximum absolute atomic E-state index is 13.9. The summed E-state index contributed by atoms with van der Waals surface area (Å²) in [5.41, 5.74) is 3.03. The zero-order valence-electron chi connectivity index (χ0n) is 35.8. The second-order valence-corrected chi connectivity index (χ2v) is 17.0. The Balaban J connectivity index is 1.28. The largest absolute Gasteiger partial charge is 0.477 e. The summed E-state index contributed by atoms with van der Waals surface area (Å²) in [4.78, 5) is 53.6. The van der Waals surface area contributed by atoms with Crippen LogP contribution in [0.15, 0.2) is 48.5 Å². The van der Waals surface area contributed by atoms with Gasteiger partial charge in [-0.2, -0.15) is 0 Å². The zero-order valence-corrected chi connectivity index (χ0v) is 35.8. The van der Waals surface area contributed by atoms with Crippen LogP contribution in [-0.4, -0.2) is 155 Å². The number of benzene rings is 2. The molecule has 2 fully saturated rings. The molecular weight excluding hydrogens is 825 g/mol. The Labute approximate surface area is 363 Å². The highest BCUT2D eigenvalue weighted by Crippen LogP contribution is 2.42. The van der Waals surface area contributed by atoms with Crippen LogP contribution in [-0.2, 0) is 46.5 Å². The van der Waals surface area contributed by atoms with E-state index < -0.39 is 98.0 Å². The summed E-state index contributed by atoms with van der Waals surface area (Å²) in [6.07, 6.45) is -13.8. The molecule has 63 heavy (non-hydrogen) atoms. The fourth-order valence-electron chi connectivity index (χ4n) is 8.39. The number of hydrogen-bond donors (Lipinski definition) is 9. The van der Waals surface area contributed by atoms with E-state index in [0.717, 1.165) is 6.92 Å². The zero-order chi connectivity index (χ0) is 45.9. The number of rotatable bonds is 15. The van der Waals surface area contributed by atoms with E-state index in [1.165, 1.54) is 11.8 Å². The van der Waals surface area contributed by atoms with Crippen LogP contribution in [0.5, 0.6) is 0 Å². The first-order chi connectivity index (χ1) is 29.9. The third kappa shape index (κ3) is 10.1. The summed E-state index contributed by atoms with van der Waals surface area (Å²) in [5, 5.41) is 91.1. The monoisotopic (exact) mass is 882 g/mol. The summed E-state index contributed by atoms with van der Waals surface area (Å²) < 4.78 is 18.3. The summed E-state index contributed by atoms with van der Waals surface area (Å²) in [6.45, 7) is 6.09. The van der Waals surface area contributed by atoms with Crippen molar-refractivity contribution in [3.05, 3.63) is 54.1 Å². The van der Waals surface area contributed by atoms with Gasteiger partial charge in [-0.25, -0.2) is 9.48 Å². The maximum Gasteiger partial charge on any atom is 0.364 e. The number of anilines is 1. The molecule has 9 N–H and O–H groups in total. The van der Waals surface area contributed by atoms with Crippen LogP contribution in [0.4, 0.5) is 5.69 Å². The SMILES string of the molecule is COC1CC(COC2(C(=O)O)CC(O)C(NC(C)=O)C(C(O)C(O)Cn3nnc4c3-c3ccccc3CN(C(=O)CCC(=O)NC(C)C(C)C)c3ccccc3-4)O2)C(O)C(O)C1O. The Morgan fingerprint density at radius 1 is 0.952 bits per heavy atom. The number of aliphatic hydroxyl groups excluding tert-OH is 6. The first kappa shape index (κ1) is 47.6. The smallest absolute Gasteiger partial charge is 0.364 e. The number of fused-ring (bicyclic) bond motifs is 5. The molecule has 3 aromatic rings. The number of aromatic nitrogens is 3. The molecule has 344 valence electrons. The van der Waals surface area contributed by atoms with E-state index in [1.54, 1.807) is 47.4 Å². The van der Waals surface area contributed by atoms with E-state index in [2.05, 4.69) is 20.9 Å². The molecule has 3 amide bonds. The highest BCUT2D eigenvalue weighted by molar-refractivity contribution is 6.01. The van der Waals surface area contributed by atoms with Gasteiger partial charge in [-0.15, -0.1) is 5.10 Å². The summed E-state index contributed by atoms with van der Waals surface area (Å²) in [7, 11) is 1.29. The van der Waals surface area contributed by atoms with Crippen LogP contribution in [0.2, 0.25) is 0 Å². The highest BCUT2D eigenvalue weighted by atomic mass is 16.7. The molecule has 2 aromatic carbocycles.